The van der Waals surface area contributed by atoms with Crippen LogP contribution < -0.4 is 0 Å². The third kappa shape index (κ3) is 3.09. The van der Waals surface area contributed by atoms with E-state index in [-0.39, 0.29) is 0 Å². The second-order valence-corrected chi connectivity index (χ2v) is 5.74. The first-order chi connectivity index (χ1) is 10.3. The molecule has 1 aliphatic rings. The van der Waals surface area contributed by atoms with Crippen LogP contribution in [0.4, 0.5) is 0 Å². The van der Waals surface area contributed by atoms with Gasteiger partial charge in [-0.05, 0) is 52.0 Å². The fraction of sp³-hybridized carbons (Fsp3) is 0.625. The van der Waals surface area contributed by atoms with Crippen LogP contribution in [-0.4, -0.2) is 52.8 Å². The standard InChI is InChI=1S/C16H24N4O/c1-3-21-12-11-20-15(13-6-9-19(2)10-7-13)18-14-5-4-8-17-16(14)20/h4-5,8,13H,3,6-7,9-12H2,1-2H3. The van der Waals surface area contributed by atoms with E-state index in [1.165, 1.54) is 18.7 Å². The average Bonchev–Trinajstić information content (AvgIpc) is 2.87. The second kappa shape index (κ2) is 6.54. The molecule has 114 valence electrons. The Kier molecular flexibility index (Phi) is 4.51. The van der Waals surface area contributed by atoms with Crippen molar-refractivity contribution in [1.82, 2.24) is 19.4 Å². The molecule has 3 rings (SSSR count). The fourth-order valence-corrected chi connectivity index (χ4v) is 3.08. The predicted octanol–water partition coefficient (Wildman–Crippen LogP) is 2.28. The van der Waals surface area contributed by atoms with Gasteiger partial charge in [0.25, 0.3) is 0 Å². The zero-order valence-electron chi connectivity index (χ0n) is 13.0. The smallest absolute Gasteiger partial charge is 0.160 e. The van der Waals surface area contributed by atoms with Crippen LogP contribution in [-0.2, 0) is 11.3 Å². The molecular formula is C16H24N4O. The van der Waals surface area contributed by atoms with Gasteiger partial charge in [0.05, 0.1) is 6.61 Å². The average molecular weight is 288 g/mol. The van der Waals surface area contributed by atoms with Crippen LogP contribution >= 0.6 is 0 Å². The Labute approximate surface area is 125 Å². The molecule has 21 heavy (non-hydrogen) atoms. The molecule has 0 amide bonds. The minimum atomic E-state index is 0.539. The molecule has 0 saturated carbocycles. The molecule has 5 nitrogen and oxygen atoms in total. The van der Waals surface area contributed by atoms with Crippen molar-refractivity contribution in [3.63, 3.8) is 0 Å². The van der Waals surface area contributed by atoms with Gasteiger partial charge in [-0.1, -0.05) is 0 Å². The number of piperidine rings is 1. The first kappa shape index (κ1) is 14.5. The van der Waals surface area contributed by atoms with Crippen LogP contribution in [0.1, 0.15) is 31.5 Å². The monoisotopic (exact) mass is 288 g/mol. The van der Waals surface area contributed by atoms with Crippen molar-refractivity contribution < 1.29 is 4.74 Å². The Morgan fingerprint density at radius 3 is 2.90 bits per heavy atom. The second-order valence-electron chi connectivity index (χ2n) is 5.74. The summed E-state index contributed by atoms with van der Waals surface area (Å²) < 4.78 is 7.80. The quantitative estimate of drug-likeness (QED) is 0.792. The zero-order chi connectivity index (χ0) is 14.7. The molecule has 0 unspecified atom stereocenters. The van der Waals surface area contributed by atoms with Crippen LogP contribution in [0.5, 0.6) is 0 Å². The number of fused-ring (bicyclic) bond motifs is 1. The molecule has 1 aliphatic heterocycles. The lowest BCUT2D eigenvalue weighted by Gasteiger charge is -2.28. The van der Waals surface area contributed by atoms with E-state index >= 15 is 0 Å². The van der Waals surface area contributed by atoms with Gasteiger partial charge in [-0.2, -0.15) is 0 Å². The lowest BCUT2D eigenvalue weighted by Crippen LogP contribution is -2.30. The molecule has 0 aromatic carbocycles. The molecule has 5 heteroatoms. The highest BCUT2D eigenvalue weighted by Gasteiger charge is 2.24. The predicted molar refractivity (Wildman–Crippen MR) is 83.5 cm³/mol. The number of hydrogen-bond acceptors (Lipinski definition) is 4. The van der Waals surface area contributed by atoms with Crippen LogP contribution in [0.25, 0.3) is 11.2 Å². The highest BCUT2D eigenvalue weighted by Crippen LogP contribution is 2.29. The highest BCUT2D eigenvalue weighted by molar-refractivity contribution is 5.71. The summed E-state index contributed by atoms with van der Waals surface area (Å²) >= 11 is 0. The summed E-state index contributed by atoms with van der Waals surface area (Å²) in [5.41, 5.74) is 1.99. The third-order valence-corrected chi connectivity index (χ3v) is 4.28. The van der Waals surface area contributed by atoms with Crippen molar-refractivity contribution in [3.8, 4) is 0 Å². The summed E-state index contributed by atoms with van der Waals surface area (Å²) in [6, 6.07) is 4.01. The molecule has 1 saturated heterocycles. The number of aromatic nitrogens is 3. The van der Waals surface area contributed by atoms with Crippen molar-refractivity contribution in [3.05, 3.63) is 24.2 Å². The molecule has 2 aromatic heterocycles. The van der Waals surface area contributed by atoms with Crippen LogP contribution in [0.15, 0.2) is 18.3 Å². The first-order valence-corrected chi connectivity index (χ1v) is 7.87. The first-order valence-electron chi connectivity index (χ1n) is 7.87. The SMILES string of the molecule is CCOCCn1c(C2CCN(C)CC2)nc2cccnc21. The van der Waals surface area contributed by atoms with Crippen LogP contribution in [0.3, 0.4) is 0 Å². The van der Waals surface area contributed by atoms with Crippen molar-refractivity contribution in [2.75, 3.05) is 33.4 Å². The largest absolute Gasteiger partial charge is 0.380 e. The van der Waals surface area contributed by atoms with E-state index in [1.54, 1.807) is 0 Å². The Morgan fingerprint density at radius 2 is 2.14 bits per heavy atom. The third-order valence-electron chi connectivity index (χ3n) is 4.28. The van der Waals surface area contributed by atoms with E-state index in [1.807, 2.05) is 19.2 Å². The molecule has 0 bridgehead atoms. The Bertz CT molecular complexity index is 587. The maximum atomic E-state index is 5.53. The minimum Gasteiger partial charge on any atom is -0.380 e. The fourth-order valence-electron chi connectivity index (χ4n) is 3.08. The Morgan fingerprint density at radius 1 is 1.33 bits per heavy atom. The molecular weight excluding hydrogens is 264 g/mol. The maximum Gasteiger partial charge on any atom is 0.160 e. The van der Waals surface area contributed by atoms with Crippen LogP contribution in [0.2, 0.25) is 0 Å². The molecule has 0 radical (unpaired) electrons. The van der Waals surface area contributed by atoms with Gasteiger partial charge < -0.3 is 14.2 Å². The highest BCUT2D eigenvalue weighted by atomic mass is 16.5. The topological polar surface area (TPSA) is 43.2 Å². The number of rotatable bonds is 5. The molecule has 0 spiro atoms. The van der Waals surface area contributed by atoms with Gasteiger partial charge in [0.15, 0.2) is 5.65 Å². The maximum absolute atomic E-state index is 5.53. The van der Waals surface area contributed by atoms with E-state index < -0.39 is 0 Å². The number of imidazole rings is 1. The lowest BCUT2D eigenvalue weighted by molar-refractivity contribution is 0.138. The van der Waals surface area contributed by atoms with Gasteiger partial charge >= 0.3 is 0 Å². The molecule has 0 aliphatic carbocycles. The Hall–Kier alpha value is -1.46. The minimum absolute atomic E-state index is 0.539. The summed E-state index contributed by atoms with van der Waals surface area (Å²) in [5.74, 6) is 1.73. The normalized spacial score (nSPS) is 17.6. The molecule has 1 fully saturated rings. The van der Waals surface area contributed by atoms with E-state index in [0.29, 0.717) is 5.92 Å². The van der Waals surface area contributed by atoms with Gasteiger partial charge in [0, 0.05) is 25.3 Å². The molecule has 0 N–H and O–H groups in total. The lowest BCUT2D eigenvalue weighted by atomic mass is 9.96. The van der Waals surface area contributed by atoms with E-state index in [0.717, 1.165) is 44.0 Å². The number of hydrogen-bond donors (Lipinski definition) is 0. The number of nitrogens with zero attached hydrogens (tertiary/aromatic N) is 4. The van der Waals surface area contributed by atoms with Crippen molar-refractivity contribution in [1.29, 1.82) is 0 Å². The van der Waals surface area contributed by atoms with E-state index in [9.17, 15) is 0 Å². The number of ether oxygens (including phenoxy) is 1. The van der Waals surface area contributed by atoms with Gasteiger partial charge in [0.2, 0.25) is 0 Å². The van der Waals surface area contributed by atoms with E-state index in [2.05, 4.69) is 27.6 Å². The summed E-state index contributed by atoms with van der Waals surface area (Å²) in [5, 5.41) is 0. The summed E-state index contributed by atoms with van der Waals surface area (Å²) in [4.78, 5) is 11.8. The van der Waals surface area contributed by atoms with Crippen molar-refractivity contribution >= 4 is 11.2 Å². The van der Waals surface area contributed by atoms with Gasteiger partial charge in [-0.3, -0.25) is 0 Å². The van der Waals surface area contributed by atoms with Crippen molar-refractivity contribution in [2.45, 2.75) is 32.2 Å². The zero-order valence-corrected chi connectivity index (χ0v) is 13.0. The Balaban J connectivity index is 1.90. The van der Waals surface area contributed by atoms with Gasteiger partial charge in [-0.25, -0.2) is 9.97 Å². The van der Waals surface area contributed by atoms with Crippen molar-refractivity contribution in [2.24, 2.45) is 0 Å². The van der Waals surface area contributed by atoms with Crippen LogP contribution in [0, 0.1) is 0 Å². The van der Waals surface area contributed by atoms with Gasteiger partial charge in [0.1, 0.15) is 11.3 Å². The molecule has 3 heterocycles. The summed E-state index contributed by atoms with van der Waals surface area (Å²) in [6.45, 7) is 6.63. The summed E-state index contributed by atoms with van der Waals surface area (Å²) in [6.07, 6.45) is 4.20. The summed E-state index contributed by atoms with van der Waals surface area (Å²) in [7, 11) is 2.19. The van der Waals surface area contributed by atoms with E-state index in [4.69, 9.17) is 9.72 Å². The van der Waals surface area contributed by atoms with Gasteiger partial charge in [-0.15, -0.1) is 0 Å². The molecule has 0 atom stereocenters. The molecule has 2 aromatic rings. The number of pyridine rings is 1. The number of likely N-dealkylation sites (tertiary alicyclic amines) is 1.